The van der Waals surface area contributed by atoms with E-state index >= 15 is 0 Å². The van der Waals surface area contributed by atoms with Gasteiger partial charge in [-0.05, 0) is 30.4 Å². The highest BCUT2D eigenvalue weighted by Crippen LogP contribution is 2.31. The van der Waals surface area contributed by atoms with Crippen LogP contribution in [0.2, 0.25) is 0 Å². The van der Waals surface area contributed by atoms with Crippen molar-refractivity contribution in [1.82, 2.24) is 0 Å². The van der Waals surface area contributed by atoms with Crippen molar-refractivity contribution < 1.29 is 4.39 Å². The molecule has 0 radical (unpaired) electrons. The maximum Gasteiger partial charge on any atom is 0.146 e. The largest absolute Gasteiger partial charge is 0.398 e. The molecular weight excluding hydrogens is 203 g/mol. The molecule has 1 atom stereocenters. The minimum atomic E-state index is -0.463. The van der Waals surface area contributed by atoms with Crippen LogP contribution in [-0.4, -0.2) is 0 Å². The molecule has 0 bridgehead atoms. The molecule has 0 heterocycles. The fourth-order valence-electron chi connectivity index (χ4n) is 1.81. The van der Waals surface area contributed by atoms with E-state index in [1.54, 1.807) is 6.07 Å². The summed E-state index contributed by atoms with van der Waals surface area (Å²) in [6.45, 7) is 5.92. The Morgan fingerprint density at radius 3 is 2.56 bits per heavy atom. The van der Waals surface area contributed by atoms with Crippen LogP contribution in [0, 0.1) is 17.1 Å². The van der Waals surface area contributed by atoms with Gasteiger partial charge in [-0.15, -0.1) is 0 Å². The first-order valence-corrected chi connectivity index (χ1v) is 5.57. The van der Waals surface area contributed by atoms with Crippen molar-refractivity contribution in [2.75, 3.05) is 5.73 Å². The van der Waals surface area contributed by atoms with Gasteiger partial charge in [0.2, 0.25) is 0 Å². The molecule has 1 rings (SSSR count). The highest BCUT2D eigenvalue weighted by Gasteiger charge is 2.17. The van der Waals surface area contributed by atoms with Gasteiger partial charge in [-0.25, -0.2) is 4.39 Å². The van der Waals surface area contributed by atoms with Gasteiger partial charge in [0.25, 0.3) is 0 Å². The van der Waals surface area contributed by atoms with Crippen LogP contribution < -0.4 is 5.73 Å². The van der Waals surface area contributed by atoms with Gasteiger partial charge in [-0.1, -0.05) is 20.8 Å². The molecule has 0 aromatic heterocycles. The first-order chi connectivity index (χ1) is 7.56. The SMILES string of the molecule is CCc1c(N)c(C(C)CC)cc(C#N)c1F. The second-order valence-corrected chi connectivity index (χ2v) is 3.99. The first-order valence-electron chi connectivity index (χ1n) is 5.57. The highest BCUT2D eigenvalue weighted by atomic mass is 19.1. The number of hydrogen-bond acceptors (Lipinski definition) is 2. The Labute approximate surface area is 95.9 Å². The minimum absolute atomic E-state index is 0.0985. The van der Waals surface area contributed by atoms with Crippen LogP contribution in [-0.2, 0) is 6.42 Å². The van der Waals surface area contributed by atoms with Crippen LogP contribution >= 0.6 is 0 Å². The number of rotatable bonds is 3. The number of nitrogen functional groups attached to an aromatic ring is 1. The van der Waals surface area contributed by atoms with Crippen molar-refractivity contribution in [3.05, 3.63) is 28.6 Å². The van der Waals surface area contributed by atoms with Crippen LogP contribution in [0.3, 0.4) is 0 Å². The quantitative estimate of drug-likeness (QED) is 0.794. The molecule has 0 aliphatic rings. The molecule has 0 saturated heterocycles. The molecule has 1 unspecified atom stereocenters. The first kappa shape index (κ1) is 12.5. The summed E-state index contributed by atoms with van der Waals surface area (Å²) in [6.07, 6.45) is 1.43. The van der Waals surface area contributed by atoms with Crippen molar-refractivity contribution in [2.24, 2.45) is 0 Å². The van der Waals surface area contributed by atoms with Gasteiger partial charge >= 0.3 is 0 Å². The smallest absolute Gasteiger partial charge is 0.146 e. The molecule has 16 heavy (non-hydrogen) atoms. The van der Waals surface area contributed by atoms with Crippen LogP contribution in [0.1, 0.15) is 49.8 Å². The summed E-state index contributed by atoms with van der Waals surface area (Å²) in [4.78, 5) is 0. The minimum Gasteiger partial charge on any atom is -0.398 e. The number of nitriles is 1. The Hall–Kier alpha value is -1.56. The monoisotopic (exact) mass is 220 g/mol. The van der Waals surface area contributed by atoms with E-state index in [-0.39, 0.29) is 11.5 Å². The van der Waals surface area contributed by atoms with Crippen molar-refractivity contribution in [3.8, 4) is 6.07 Å². The standard InChI is InChI=1S/C13H17FN2/c1-4-8(3)11-6-9(7-15)12(14)10(5-2)13(11)16/h6,8H,4-5,16H2,1-3H3. The predicted octanol–water partition coefficient (Wildman–Crippen LogP) is 3.36. The lowest BCUT2D eigenvalue weighted by molar-refractivity contribution is 0.606. The Morgan fingerprint density at radius 2 is 2.12 bits per heavy atom. The predicted molar refractivity (Wildman–Crippen MR) is 63.6 cm³/mol. The van der Waals surface area contributed by atoms with Crippen LogP contribution in [0.5, 0.6) is 0 Å². The second kappa shape index (κ2) is 4.98. The van der Waals surface area contributed by atoms with Gasteiger partial charge in [0.05, 0.1) is 5.56 Å². The molecule has 0 fully saturated rings. The molecule has 1 aromatic carbocycles. The molecule has 86 valence electrons. The Kier molecular flexibility index (Phi) is 3.89. The number of halogens is 1. The van der Waals surface area contributed by atoms with Crippen molar-refractivity contribution in [2.45, 2.75) is 39.5 Å². The molecule has 0 spiro atoms. The summed E-state index contributed by atoms with van der Waals surface area (Å²) in [7, 11) is 0. The summed E-state index contributed by atoms with van der Waals surface area (Å²) in [5.41, 5.74) is 7.90. The molecule has 2 nitrogen and oxygen atoms in total. The summed E-state index contributed by atoms with van der Waals surface area (Å²) in [5, 5.41) is 8.88. The molecular formula is C13H17FN2. The van der Waals surface area contributed by atoms with E-state index in [9.17, 15) is 4.39 Å². The molecule has 3 heteroatoms. The van der Waals surface area contributed by atoms with Gasteiger partial charge in [-0.2, -0.15) is 5.26 Å². The van der Waals surface area contributed by atoms with Crippen molar-refractivity contribution in [3.63, 3.8) is 0 Å². The maximum atomic E-state index is 13.8. The molecule has 0 saturated carbocycles. The average molecular weight is 220 g/mol. The van der Waals surface area contributed by atoms with Crippen LogP contribution in [0.25, 0.3) is 0 Å². The number of hydrogen-bond donors (Lipinski definition) is 1. The van der Waals surface area contributed by atoms with Gasteiger partial charge < -0.3 is 5.73 Å². The van der Waals surface area contributed by atoms with E-state index in [1.807, 2.05) is 26.8 Å². The Balaban J connectivity index is 3.48. The lowest BCUT2D eigenvalue weighted by Gasteiger charge is -2.16. The molecule has 0 amide bonds. The lowest BCUT2D eigenvalue weighted by atomic mass is 9.91. The van der Waals surface area contributed by atoms with Gasteiger partial charge in [0.1, 0.15) is 11.9 Å². The maximum absolute atomic E-state index is 13.8. The summed E-state index contributed by atoms with van der Waals surface area (Å²) in [5.74, 6) is -0.215. The van der Waals surface area contributed by atoms with Gasteiger partial charge in [0.15, 0.2) is 0 Å². The van der Waals surface area contributed by atoms with E-state index in [2.05, 4.69) is 0 Å². The zero-order chi connectivity index (χ0) is 12.3. The van der Waals surface area contributed by atoms with E-state index in [1.165, 1.54) is 0 Å². The number of nitrogens with zero attached hydrogens (tertiary/aromatic N) is 1. The van der Waals surface area contributed by atoms with Crippen molar-refractivity contribution >= 4 is 5.69 Å². The summed E-state index contributed by atoms with van der Waals surface area (Å²) >= 11 is 0. The van der Waals surface area contributed by atoms with E-state index in [0.717, 1.165) is 12.0 Å². The highest BCUT2D eigenvalue weighted by molar-refractivity contribution is 5.59. The third-order valence-corrected chi connectivity index (χ3v) is 3.05. The summed E-state index contributed by atoms with van der Waals surface area (Å²) in [6, 6.07) is 3.47. The fraction of sp³-hybridized carbons (Fsp3) is 0.462. The molecule has 0 aliphatic heterocycles. The topological polar surface area (TPSA) is 49.8 Å². The van der Waals surface area contributed by atoms with Crippen molar-refractivity contribution in [1.29, 1.82) is 5.26 Å². The molecule has 0 aliphatic carbocycles. The third kappa shape index (κ3) is 2.01. The number of benzene rings is 1. The lowest BCUT2D eigenvalue weighted by Crippen LogP contribution is -2.06. The zero-order valence-electron chi connectivity index (χ0n) is 9.97. The van der Waals surface area contributed by atoms with E-state index in [0.29, 0.717) is 17.7 Å². The molecule has 1 aromatic rings. The normalized spacial score (nSPS) is 12.2. The number of anilines is 1. The van der Waals surface area contributed by atoms with E-state index in [4.69, 9.17) is 11.0 Å². The van der Waals surface area contributed by atoms with Gasteiger partial charge in [-0.3, -0.25) is 0 Å². The van der Waals surface area contributed by atoms with Crippen LogP contribution in [0.15, 0.2) is 6.07 Å². The Bertz CT molecular complexity index is 433. The average Bonchev–Trinajstić information content (AvgIpc) is 2.29. The third-order valence-electron chi connectivity index (χ3n) is 3.05. The Morgan fingerprint density at radius 1 is 1.50 bits per heavy atom. The molecule has 2 N–H and O–H groups in total. The van der Waals surface area contributed by atoms with Gasteiger partial charge in [0, 0.05) is 11.3 Å². The summed E-state index contributed by atoms with van der Waals surface area (Å²) < 4.78 is 13.8. The fourth-order valence-corrected chi connectivity index (χ4v) is 1.81. The van der Waals surface area contributed by atoms with Crippen LogP contribution in [0.4, 0.5) is 10.1 Å². The second-order valence-electron chi connectivity index (χ2n) is 3.99. The number of nitrogens with two attached hydrogens (primary N) is 1. The zero-order valence-corrected chi connectivity index (χ0v) is 9.97. The van der Waals surface area contributed by atoms with E-state index < -0.39 is 5.82 Å².